The fourth-order valence-electron chi connectivity index (χ4n) is 3.16. The molecule has 1 amide bonds. The number of carbonyl (C=O) groups excluding carboxylic acids is 1. The van der Waals surface area contributed by atoms with Crippen molar-refractivity contribution in [1.29, 1.82) is 0 Å². The molecule has 10 nitrogen and oxygen atoms in total. The van der Waals surface area contributed by atoms with Crippen LogP contribution in [0.25, 0.3) is 11.2 Å². The molecule has 0 unspecified atom stereocenters. The second-order valence-corrected chi connectivity index (χ2v) is 7.13. The van der Waals surface area contributed by atoms with Crippen molar-refractivity contribution in [2.24, 2.45) is 0 Å². The van der Waals surface area contributed by atoms with Gasteiger partial charge in [0.05, 0.1) is 11.9 Å². The van der Waals surface area contributed by atoms with Crippen LogP contribution in [-0.2, 0) is 4.79 Å². The number of hydrogen-bond acceptors (Lipinski definition) is 9. The quantitative estimate of drug-likeness (QED) is 0.567. The Morgan fingerprint density at radius 1 is 1.12 bits per heavy atom. The van der Waals surface area contributed by atoms with Gasteiger partial charge in [-0.3, -0.25) is 4.79 Å². The number of ether oxygens (including phenoxy) is 2. The molecule has 2 aromatic heterocycles. The predicted molar refractivity (Wildman–Crippen MR) is 112 cm³/mol. The minimum atomic E-state index is -4.78. The zero-order valence-electron chi connectivity index (χ0n) is 17.5. The monoisotopic (exact) mass is 463 g/mol. The van der Waals surface area contributed by atoms with E-state index in [4.69, 9.17) is 4.74 Å². The van der Waals surface area contributed by atoms with E-state index in [0.717, 1.165) is 38.3 Å². The molecule has 174 valence electrons. The summed E-state index contributed by atoms with van der Waals surface area (Å²) in [5.41, 5.74) is 1.52. The van der Waals surface area contributed by atoms with Crippen molar-refractivity contribution < 1.29 is 27.4 Å². The van der Waals surface area contributed by atoms with Crippen molar-refractivity contribution in [3.8, 4) is 11.5 Å². The number of alkyl halides is 3. The van der Waals surface area contributed by atoms with Gasteiger partial charge in [0.25, 0.3) is 5.91 Å². The molecule has 13 heteroatoms. The Kier molecular flexibility index (Phi) is 6.40. The van der Waals surface area contributed by atoms with Crippen LogP contribution in [0.4, 0.5) is 24.9 Å². The van der Waals surface area contributed by atoms with Gasteiger partial charge >= 0.3 is 6.36 Å². The molecule has 1 aromatic carbocycles. The number of nitrogens with zero attached hydrogens (tertiary/aromatic N) is 5. The Bertz CT molecular complexity index is 1140. The van der Waals surface area contributed by atoms with E-state index in [-0.39, 0.29) is 23.9 Å². The van der Waals surface area contributed by atoms with Gasteiger partial charge in [0, 0.05) is 26.2 Å². The summed E-state index contributed by atoms with van der Waals surface area (Å²) in [7, 11) is 0. The highest BCUT2D eigenvalue weighted by atomic mass is 19.4. The summed E-state index contributed by atoms with van der Waals surface area (Å²) in [6.45, 7) is 4.71. The lowest BCUT2D eigenvalue weighted by atomic mass is 10.3. The molecule has 2 N–H and O–H groups in total. The van der Waals surface area contributed by atoms with Crippen molar-refractivity contribution in [2.75, 3.05) is 43.0 Å². The predicted octanol–water partition coefficient (Wildman–Crippen LogP) is 2.05. The number of benzene rings is 1. The van der Waals surface area contributed by atoms with E-state index < -0.39 is 12.3 Å². The summed E-state index contributed by atoms with van der Waals surface area (Å²) < 4.78 is 45.7. The minimum absolute atomic E-state index is 0.201. The van der Waals surface area contributed by atoms with Gasteiger partial charge in [-0.05, 0) is 31.2 Å². The number of aromatic nitrogens is 4. The molecular weight excluding hydrogens is 443 g/mol. The van der Waals surface area contributed by atoms with Crippen LogP contribution >= 0.6 is 0 Å². The van der Waals surface area contributed by atoms with Gasteiger partial charge in [-0.2, -0.15) is 4.98 Å². The van der Waals surface area contributed by atoms with Crippen molar-refractivity contribution in [2.45, 2.75) is 13.3 Å². The number of anilines is 2. The number of aryl methyl sites for hydroxylation is 1. The molecule has 3 heterocycles. The van der Waals surface area contributed by atoms with E-state index in [0.29, 0.717) is 22.8 Å². The largest absolute Gasteiger partial charge is 0.573 e. The normalized spacial score (nSPS) is 14.2. The van der Waals surface area contributed by atoms with E-state index >= 15 is 0 Å². The molecule has 4 rings (SSSR count). The summed E-state index contributed by atoms with van der Waals surface area (Å²) in [6, 6.07) is 4.71. The van der Waals surface area contributed by atoms with Crippen LogP contribution in [0.15, 0.2) is 30.5 Å². The Hall–Kier alpha value is -3.74. The fraction of sp³-hybridized carbons (Fsp3) is 0.350. The molecule has 1 aliphatic heterocycles. The topological polar surface area (TPSA) is 114 Å². The first-order valence-corrected chi connectivity index (χ1v) is 10.0. The molecule has 1 aliphatic rings. The molecular formula is C20H20F3N7O3. The first-order valence-electron chi connectivity index (χ1n) is 10.0. The number of carbonyl (C=O) groups is 1. The zero-order chi connectivity index (χ0) is 23.4. The maximum absolute atomic E-state index is 12.2. The molecule has 1 saturated heterocycles. The summed E-state index contributed by atoms with van der Waals surface area (Å²) >= 11 is 0. The maximum Gasteiger partial charge on any atom is 0.573 e. The van der Waals surface area contributed by atoms with Gasteiger partial charge in [0.2, 0.25) is 5.95 Å². The molecule has 0 radical (unpaired) electrons. The molecule has 3 aromatic rings. The van der Waals surface area contributed by atoms with Gasteiger partial charge in [-0.15, -0.1) is 13.2 Å². The SMILES string of the molecule is Cc1nc(N2CCNCC2)nc2ncc(NC(=O)COc3ccc(OC(F)(F)F)cc3)nc12. The highest BCUT2D eigenvalue weighted by Gasteiger charge is 2.31. The first-order chi connectivity index (χ1) is 15.8. The van der Waals surface area contributed by atoms with Crippen LogP contribution < -0.4 is 25.0 Å². The lowest BCUT2D eigenvalue weighted by Gasteiger charge is -2.27. The van der Waals surface area contributed by atoms with Crippen LogP contribution in [0.5, 0.6) is 11.5 Å². The molecule has 33 heavy (non-hydrogen) atoms. The van der Waals surface area contributed by atoms with E-state index in [1.54, 1.807) is 6.92 Å². The zero-order valence-corrected chi connectivity index (χ0v) is 17.5. The third-order valence-corrected chi connectivity index (χ3v) is 4.66. The lowest BCUT2D eigenvalue weighted by Crippen LogP contribution is -2.44. The van der Waals surface area contributed by atoms with Crippen LogP contribution in [-0.4, -0.2) is 65.0 Å². The number of piperazine rings is 1. The number of halogens is 3. The van der Waals surface area contributed by atoms with E-state index in [1.807, 2.05) is 0 Å². The summed E-state index contributed by atoms with van der Waals surface area (Å²) in [5, 5.41) is 5.84. The first kappa shape index (κ1) is 22.5. The minimum Gasteiger partial charge on any atom is -0.484 e. The Morgan fingerprint density at radius 3 is 2.52 bits per heavy atom. The molecule has 1 fully saturated rings. The van der Waals surface area contributed by atoms with Crippen molar-refractivity contribution in [3.63, 3.8) is 0 Å². The smallest absolute Gasteiger partial charge is 0.484 e. The Balaban J connectivity index is 1.37. The molecule has 0 bridgehead atoms. The summed E-state index contributed by atoms with van der Waals surface area (Å²) in [5.74, 6) is 0.0898. The highest BCUT2D eigenvalue weighted by molar-refractivity contribution is 5.91. The van der Waals surface area contributed by atoms with Gasteiger partial charge in [-0.1, -0.05) is 0 Å². The van der Waals surface area contributed by atoms with E-state index in [1.165, 1.54) is 18.3 Å². The van der Waals surface area contributed by atoms with Crippen molar-refractivity contribution in [3.05, 3.63) is 36.2 Å². The number of rotatable bonds is 6. The van der Waals surface area contributed by atoms with Crippen molar-refractivity contribution in [1.82, 2.24) is 25.3 Å². The Morgan fingerprint density at radius 2 is 1.82 bits per heavy atom. The number of amides is 1. The molecule has 0 atom stereocenters. The summed E-state index contributed by atoms with van der Waals surface area (Å²) in [4.78, 5) is 31.9. The third kappa shape index (κ3) is 5.94. The summed E-state index contributed by atoms with van der Waals surface area (Å²) in [6.07, 6.45) is -3.39. The molecule has 0 aliphatic carbocycles. The van der Waals surface area contributed by atoms with Gasteiger partial charge in [0.1, 0.15) is 17.0 Å². The van der Waals surface area contributed by atoms with Crippen LogP contribution in [0, 0.1) is 6.92 Å². The molecule has 0 spiro atoms. The van der Waals surface area contributed by atoms with Gasteiger partial charge in [0.15, 0.2) is 18.1 Å². The van der Waals surface area contributed by atoms with Crippen LogP contribution in [0.1, 0.15) is 5.69 Å². The molecule has 0 saturated carbocycles. The number of nitrogens with one attached hydrogen (secondary N) is 2. The number of fused-ring (bicyclic) bond motifs is 1. The average Bonchev–Trinajstić information content (AvgIpc) is 2.78. The van der Waals surface area contributed by atoms with E-state index in [2.05, 4.69) is 40.2 Å². The third-order valence-electron chi connectivity index (χ3n) is 4.66. The average molecular weight is 463 g/mol. The van der Waals surface area contributed by atoms with E-state index in [9.17, 15) is 18.0 Å². The second-order valence-electron chi connectivity index (χ2n) is 7.13. The maximum atomic E-state index is 12.2. The van der Waals surface area contributed by atoms with Crippen LogP contribution in [0.3, 0.4) is 0 Å². The van der Waals surface area contributed by atoms with Crippen molar-refractivity contribution >= 4 is 28.8 Å². The Labute approximate surface area is 186 Å². The fourth-order valence-corrected chi connectivity index (χ4v) is 3.16. The second kappa shape index (κ2) is 9.40. The lowest BCUT2D eigenvalue weighted by molar-refractivity contribution is -0.274. The standard InChI is InChI=1S/C20H20F3N7O3/c1-12-17-18(29-19(26-12)30-8-6-24-7-9-30)25-10-15(28-17)27-16(31)11-32-13-2-4-14(5-3-13)33-20(21,22)23/h2-5,10,24H,6-9,11H2,1H3,(H,27,28,31). The van der Waals surface area contributed by atoms with Gasteiger partial charge < -0.3 is 25.0 Å². The highest BCUT2D eigenvalue weighted by Crippen LogP contribution is 2.24. The van der Waals surface area contributed by atoms with Gasteiger partial charge in [-0.25, -0.2) is 15.0 Å². The number of hydrogen-bond donors (Lipinski definition) is 2. The van der Waals surface area contributed by atoms with Crippen LogP contribution in [0.2, 0.25) is 0 Å².